The van der Waals surface area contributed by atoms with Crippen LogP contribution in [-0.4, -0.2) is 0 Å². The van der Waals surface area contributed by atoms with Gasteiger partial charge in [0, 0.05) is 25.5 Å². The molecule has 2 unspecified atom stereocenters. The Labute approximate surface area is 133 Å². The van der Waals surface area contributed by atoms with Crippen LogP contribution in [0.3, 0.4) is 0 Å². The number of rotatable bonds is 2. The highest BCUT2D eigenvalue weighted by Gasteiger charge is 2.56. The molecule has 1 aromatic carbocycles. The van der Waals surface area contributed by atoms with Gasteiger partial charge < -0.3 is 0 Å². The normalized spacial score (nSPS) is 26.0. The quantitative estimate of drug-likeness (QED) is 0.757. The Hall–Kier alpha value is -2.14. The summed E-state index contributed by atoms with van der Waals surface area (Å²) in [6.45, 7) is 9.27. The predicted molar refractivity (Wildman–Crippen MR) is 88.4 cm³/mol. The minimum absolute atomic E-state index is 0.0273. The highest BCUT2D eigenvalue weighted by molar-refractivity contribution is 5.67. The van der Waals surface area contributed by atoms with E-state index in [9.17, 15) is 5.26 Å². The third kappa shape index (κ3) is 1.69. The molecule has 22 heavy (non-hydrogen) atoms. The topological polar surface area (TPSA) is 27.7 Å². The lowest BCUT2D eigenvalue weighted by Gasteiger charge is -2.46. The lowest BCUT2D eigenvalue weighted by atomic mass is 9.60. The molecule has 0 N–H and O–H groups in total. The summed E-state index contributed by atoms with van der Waals surface area (Å²) in [4.78, 5) is 0. The molecule has 1 aliphatic heterocycles. The van der Waals surface area contributed by atoms with Crippen LogP contribution in [0.5, 0.6) is 0 Å². The number of hydrogen-bond donors (Lipinski definition) is 0. The van der Waals surface area contributed by atoms with Crippen molar-refractivity contribution in [3.05, 3.63) is 53.7 Å². The Kier molecular flexibility index (Phi) is 3.33. The highest BCUT2D eigenvalue weighted by Crippen LogP contribution is 2.49. The zero-order valence-electron chi connectivity index (χ0n) is 13.9. The van der Waals surface area contributed by atoms with E-state index in [-0.39, 0.29) is 11.0 Å². The van der Waals surface area contributed by atoms with Crippen molar-refractivity contribution < 1.29 is 4.57 Å². The molecule has 1 aromatic heterocycles. The van der Waals surface area contributed by atoms with Crippen LogP contribution in [-0.2, 0) is 11.0 Å². The summed E-state index contributed by atoms with van der Waals surface area (Å²) in [5, 5.41) is 9.27. The van der Waals surface area contributed by atoms with E-state index in [1.807, 2.05) is 12.1 Å². The van der Waals surface area contributed by atoms with E-state index in [4.69, 9.17) is 0 Å². The molecule has 3 rings (SSSR count). The Morgan fingerprint density at radius 1 is 1.09 bits per heavy atom. The summed E-state index contributed by atoms with van der Waals surface area (Å²) in [6.07, 6.45) is 4.32. The molecular weight excluding hydrogens is 268 g/mol. The SMILES string of the molecule is CCC1(C)c2ccc(C#N)cc2-c2cccc[n+]2C1(C)CC. The van der Waals surface area contributed by atoms with E-state index in [2.05, 4.69) is 68.8 Å². The molecule has 0 fully saturated rings. The van der Waals surface area contributed by atoms with Crippen molar-refractivity contribution in [1.29, 1.82) is 5.26 Å². The van der Waals surface area contributed by atoms with E-state index in [0.717, 1.165) is 18.4 Å². The molecule has 2 heteroatoms. The molecule has 0 saturated heterocycles. The molecule has 112 valence electrons. The number of aromatic nitrogens is 1. The average Bonchev–Trinajstić information content (AvgIpc) is 2.59. The molecule has 1 aliphatic rings. The molecule has 2 aromatic rings. The molecule has 0 saturated carbocycles. The van der Waals surface area contributed by atoms with E-state index in [1.165, 1.54) is 16.8 Å². The van der Waals surface area contributed by atoms with Gasteiger partial charge in [-0.2, -0.15) is 9.83 Å². The summed E-state index contributed by atoms with van der Waals surface area (Å²) in [7, 11) is 0. The van der Waals surface area contributed by atoms with Gasteiger partial charge in [-0.25, -0.2) is 0 Å². The molecule has 0 spiro atoms. The van der Waals surface area contributed by atoms with Gasteiger partial charge in [0.25, 0.3) is 0 Å². The maximum Gasteiger partial charge on any atom is 0.213 e. The number of benzene rings is 1. The number of nitrogens with zero attached hydrogens (tertiary/aromatic N) is 2. The maximum atomic E-state index is 9.27. The van der Waals surface area contributed by atoms with Gasteiger partial charge in [0.15, 0.2) is 11.7 Å². The van der Waals surface area contributed by atoms with Crippen LogP contribution in [0.2, 0.25) is 0 Å². The van der Waals surface area contributed by atoms with Crippen LogP contribution in [0.15, 0.2) is 42.6 Å². The van der Waals surface area contributed by atoms with Gasteiger partial charge in [-0.15, -0.1) is 0 Å². The standard InChI is InChI=1S/C20H23N2/c1-5-19(3)17-11-10-15(14-21)13-16(17)18-9-7-8-12-22(18)20(19,4)6-2/h7-13H,5-6H2,1-4H3/q+1. The van der Waals surface area contributed by atoms with Crippen LogP contribution in [0.1, 0.15) is 51.7 Å². The van der Waals surface area contributed by atoms with Crippen LogP contribution in [0, 0.1) is 11.3 Å². The first-order valence-corrected chi connectivity index (χ1v) is 8.08. The minimum Gasteiger partial charge on any atom is -0.192 e. The third-order valence-electron chi connectivity index (χ3n) is 5.99. The predicted octanol–water partition coefficient (Wildman–Crippen LogP) is 4.32. The van der Waals surface area contributed by atoms with Gasteiger partial charge in [-0.1, -0.05) is 19.9 Å². The summed E-state index contributed by atoms with van der Waals surface area (Å²) < 4.78 is 2.42. The largest absolute Gasteiger partial charge is 0.213 e. The zero-order chi connectivity index (χ0) is 16.0. The van der Waals surface area contributed by atoms with Crippen molar-refractivity contribution in [2.24, 2.45) is 0 Å². The van der Waals surface area contributed by atoms with Crippen LogP contribution < -0.4 is 4.57 Å². The maximum absolute atomic E-state index is 9.27. The Morgan fingerprint density at radius 3 is 2.50 bits per heavy atom. The lowest BCUT2D eigenvalue weighted by Crippen LogP contribution is -2.67. The monoisotopic (exact) mass is 291 g/mol. The van der Waals surface area contributed by atoms with Crippen molar-refractivity contribution in [2.45, 2.75) is 51.5 Å². The van der Waals surface area contributed by atoms with E-state index >= 15 is 0 Å². The summed E-state index contributed by atoms with van der Waals surface area (Å²) in [6, 6.07) is 14.8. The number of fused-ring (bicyclic) bond motifs is 3. The second kappa shape index (κ2) is 4.95. The first kappa shape index (κ1) is 14.8. The molecule has 0 aliphatic carbocycles. The molecule has 0 bridgehead atoms. The van der Waals surface area contributed by atoms with Gasteiger partial charge in [0.05, 0.1) is 22.6 Å². The molecule has 0 radical (unpaired) electrons. The van der Waals surface area contributed by atoms with E-state index in [1.54, 1.807) is 0 Å². The summed E-state index contributed by atoms with van der Waals surface area (Å²) >= 11 is 0. The Bertz CT molecular complexity index is 772. The average molecular weight is 291 g/mol. The second-order valence-corrected chi connectivity index (χ2v) is 6.64. The fourth-order valence-electron chi connectivity index (χ4n) is 4.09. The third-order valence-corrected chi connectivity index (χ3v) is 5.99. The molecule has 0 amide bonds. The van der Waals surface area contributed by atoms with Crippen LogP contribution in [0.4, 0.5) is 0 Å². The number of nitriles is 1. The zero-order valence-corrected chi connectivity index (χ0v) is 13.9. The molecular formula is C20H23N2+. The fraction of sp³-hybridized carbons (Fsp3) is 0.400. The molecule has 2 heterocycles. The summed E-state index contributed by atoms with van der Waals surface area (Å²) in [5.41, 5.74) is 4.58. The Morgan fingerprint density at radius 2 is 1.86 bits per heavy atom. The lowest BCUT2D eigenvalue weighted by molar-refractivity contribution is -0.765. The number of pyridine rings is 1. The second-order valence-electron chi connectivity index (χ2n) is 6.64. The van der Waals surface area contributed by atoms with Crippen molar-refractivity contribution in [3.8, 4) is 17.3 Å². The smallest absolute Gasteiger partial charge is 0.192 e. The first-order valence-electron chi connectivity index (χ1n) is 8.08. The van der Waals surface area contributed by atoms with Crippen LogP contribution >= 0.6 is 0 Å². The summed E-state index contributed by atoms with van der Waals surface area (Å²) in [5.74, 6) is 0. The fourth-order valence-corrected chi connectivity index (χ4v) is 4.09. The van der Waals surface area contributed by atoms with E-state index in [0.29, 0.717) is 0 Å². The molecule has 2 nitrogen and oxygen atoms in total. The van der Waals surface area contributed by atoms with Gasteiger partial charge in [0.1, 0.15) is 0 Å². The minimum atomic E-state index is 0.0273. The van der Waals surface area contributed by atoms with E-state index < -0.39 is 0 Å². The van der Waals surface area contributed by atoms with Crippen molar-refractivity contribution in [3.63, 3.8) is 0 Å². The van der Waals surface area contributed by atoms with Crippen LogP contribution in [0.25, 0.3) is 11.3 Å². The van der Waals surface area contributed by atoms with Gasteiger partial charge >= 0.3 is 0 Å². The highest BCUT2D eigenvalue weighted by atomic mass is 15.1. The van der Waals surface area contributed by atoms with Crippen molar-refractivity contribution in [1.82, 2.24) is 0 Å². The van der Waals surface area contributed by atoms with Crippen molar-refractivity contribution >= 4 is 0 Å². The Balaban J connectivity index is 2.43. The number of hydrogen-bond acceptors (Lipinski definition) is 1. The first-order chi connectivity index (χ1) is 10.5. The van der Waals surface area contributed by atoms with Gasteiger partial charge in [-0.05, 0) is 37.1 Å². The molecule has 2 atom stereocenters. The van der Waals surface area contributed by atoms with Crippen molar-refractivity contribution in [2.75, 3.05) is 0 Å². The van der Waals surface area contributed by atoms with Gasteiger partial charge in [-0.3, -0.25) is 0 Å². The van der Waals surface area contributed by atoms with Gasteiger partial charge in [0.2, 0.25) is 5.69 Å².